The van der Waals surface area contributed by atoms with E-state index in [2.05, 4.69) is 14.7 Å². The van der Waals surface area contributed by atoms with Gasteiger partial charge in [0.25, 0.3) is 0 Å². The summed E-state index contributed by atoms with van der Waals surface area (Å²) in [5, 5.41) is 5.35. The van der Waals surface area contributed by atoms with Gasteiger partial charge in [-0.3, -0.25) is 0 Å². The van der Waals surface area contributed by atoms with Crippen LogP contribution in [0.3, 0.4) is 0 Å². The number of nitrogens with zero attached hydrogens (tertiary/aromatic N) is 2. The Morgan fingerprint density at radius 3 is 2.60 bits per heavy atom. The summed E-state index contributed by atoms with van der Waals surface area (Å²) in [6, 6.07) is 5.68. The van der Waals surface area contributed by atoms with Crippen molar-refractivity contribution in [3.05, 3.63) is 48.5 Å². The zero-order valence-corrected chi connectivity index (χ0v) is 8.55. The molecule has 15 heavy (non-hydrogen) atoms. The van der Waals surface area contributed by atoms with Gasteiger partial charge in [-0.15, -0.1) is 11.3 Å². The van der Waals surface area contributed by atoms with E-state index in [4.69, 9.17) is 4.42 Å². The minimum Gasteiger partial charge on any atom is -0.444 e. The maximum absolute atomic E-state index is 5.08. The molecule has 0 spiro atoms. The molecule has 0 N–H and O–H groups in total. The summed E-state index contributed by atoms with van der Waals surface area (Å²) in [6.07, 6.45) is 6.32. The first-order valence-electron chi connectivity index (χ1n) is 4.24. The molecular weight excluding hydrogens is 212 g/mol. The van der Waals surface area contributed by atoms with Gasteiger partial charge in [0.05, 0.1) is 17.3 Å². The Kier molecular flexibility index (Phi) is 3.30. The van der Waals surface area contributed by atoms with Crippen molar-refractivity contribution in [2.24, 2.45) is 0 Å². The zero-order chi connectivity index (χ0) is 10.3. The van der Waals surface area contributed by atoms with Gasteiger partial charge in [-0.25, -0.2) is 4.98 Å². The van der Waals surface area contributed by atoms with Crippen LogP contribution in [-0.2, 0) is 0 Å². The number of hydrogen-bond donors (Lipinski definition) is 0. The van der Waals surface area contributed by atoms with Gasteiger partial charge in [0, 0.05) is 0 Å². The first-order chi connectivity index (χ1) is 7.47. The Morgan fingerprint density at radius 2 is 2.13 bits per heavy atom. The predicted octanol–water partition coefficient (Wildman–Crippen LogP) is 3.08. The first kappa shape index (κ1) is 9.67. The van der Waals surface area contributed by atoms with Gasteiger partial charge in [0.1, 0.15) is 12.5 Å². The van der Waals surface area contributed by atoms with Crippen molar-refractivity contribution >= 4 is 11.3 Å². The van der Waals surface area contributed by atoms with Gasteiger partial charge in [0.15, 0.2) is 0 Å². The highest BCUT2D eigenvalue weighted by Crippen LogP contribution is 2.21. The van der Waals surface area contributed by atoms with E-state index in [0.717, 1.165) is 4.88 Å². The second-order valence-corrected chi connectivity index (χ2v) is 3.45. The van der Waals surface area contributed by atoms with Gasteiger partial charge in [-0.05, 0) is 17.5 Å². The van der Waals surface area contributed by atoms with Crippen molar-refractivity contribution in [2.75, 3.05) is 0 Å². The summed E-state index contributed by atoms with van der Waals surface area (Å²) < 4.78 is 9.41. The molecule has 4 nitrogen and oxygen atoms in total. The fourth-order valence-electron chi connectivity index (χ4n) is 0.921. The second kappa shape index (κ2) is 5.11. The van der Waals surface area contributed by atoms with Crippen molar-refractivity contribution < 1.29 is 8.94 Å². The minimum absolute atomic E-state index is 0.704. The maximum atomic E-state index is 5.08. The lowest BCUT2D eigenvalue weighted by molar-refractivity contribution is 0.420. The monoisotopic (exact) mass is 220 g/mol. The summed E-state index contributed by atoms with van der Waals surface area (Å²) in [6.45, 7) is 0. The Morgan fingerprint density at radius 1 is 1.13 bits per heavy atom. The molecule has 0 amide bonds. The normalized spacial score (nSPS) is 9.33. The van der Waals surface area contributed by atoms with Crippen molar-refractivity contribution in [2.45, 2.75) is 0 Å². The number of rotatable bonds is 1. The van der Waals surface area contributed by atoms with E-state index in [0.29, 0.717) is 5.89 Å². The van der Waals surface area contributed by atoms with Gasteiger partial charge in [-0.2, -0.15) is 0 Å². The fourth-order valence-corrected chi connectivity index (χ4v) is 1.58. The number of hydrogen-bond acceptors (Lipinski definition) is 5. The topological polar surface area (TPSA) is 52.1 Å². The first-order valence-corrected chi connectivity index (χ1v) is 5.12. The van der Waals surface area contributed by atoms with Crippen LogP contribution in [0.15, 0.2) is 57.4 Å². The molecule has 3 aromatic heterocycles. The molecule has 3 aromatic rings. The third-order valence-corrected chi connectivity index (χ3v) is 2.37. The van der Waals surface area contributed by atoms with Crippen LogP contribution in [0.4, 0.5) is 0 Å². The molecule has 0 aromatic carbocycles. The molecule has 0 fully saturated rings. The fraction of sp³-hybridized carbons (Fsp3) is 0. The highest BCUT2D eigenvalue weighted by atomic mass is 32.1. The lowest BCUT2D eigenvalue weighted by Gasteiger charge is -1.83. The van der Waals surface area contributed by atoms with Crippen molar-refractivity contribution in [1.82, 2.24) is 10.1 Å². The molecule has 0 saturated heterocycles. The molecule has 0 bridgehead atoms. The largest absolute Gasteiger partial charge is 0.444 e. The quantitative estimate of drug-likeness (QED) is 0.632. The Balaban J connectivity index is 0.000000144. The van der Waals surface area contributed by atoms with E-state index in [9.17, 15) is 0 Å². The van der Waals surface area contributed by atoms with Crippen LogP contribution >= 0.6 is 11.3 Å². The number of oxazole rings is 1. The molecule has 0 aliphatic heterocycles. The molecule has 5 heteroatoms. The third kappa shape index (κ3) is 2.78. The molecule has 3 heterocycles. The molecule has 0 radical (unpaired) electrons. The maximum Gasteiger partial charge on any atom is 0.236 e. The summed E-state index contributed by atoms with van der Waals surface area (Å²) in [7, 11) is 0. The molecular formula is C10H8N2O2S. The minimum atomic E-state index is 0.704. The van der Waals surface area contributed by atoms with E-state index < -0.39 is 0 Å². The van der Waals surface area contributed by atoms with E-state index in [1.54, 1.807) is 36.1 Å². The van der Waals surface area contributed by atoms with Gasteiger partial charge in [-0.1, -0.05) is 11.2 Å². The van der Waals surface area contributed by atoms with Crippen LogP contribution in [0.5, 0.6) is 0 Å². The van der Waals surface area contributed by atoms with Crippen LogP contribution in [-0.4, -0.2) is 10.1 Å². The second-order valence-electron chi connectivity index (χ2n) is 2.50. The lowest BCUT2D eigenvalue weighted by Crippen LogP contribution is -1.65. The Labute approximate surface area is 90.2 Å². The molecule has 0 aliphatic carbocycles. The van der Waals surface area contributed by atoms with E-state index in [1.165, 1.54) is 6.26 Å². The van der Waals surface area contributed by atoms with E-state index >= 15 is 0 Å². The molecule has 0 saturated carbocycles. The highest BCUT2D eigenvalue weighted by molar-refractivity contribution is 7.13. The molecule has 0 aliphatic rings. The Bertz CT molecular complexity index is 396. The summed E-state index contributed by atoms with van der Waals surface area (Å²) in [5.74, 6) is 0.704. The van der Waals surface area contributed by atoms with Crippen LogP contribution in [0, 0.1) is 0 Å². The predicted molar refractivity (Wildman–Crippen MR) is 56.3 cm³/mol. The van der Waals surface area contributed by atoms with Crippen LogP contribution in [0.2, 0.25) is 0 Å². The average molecular weight is 220 g/mol. The SMILES string of the molecule is c1cnoc1.c1csc(-c2ncco2)c1. The van der Waals surface area contributed by atoms with Gasteiger partial charge < -0.3 is 8.94 Å². The van der Waals surface area contributed by atoms with E-state index in [-0.39, 0.29) is 0 Å². The smallest absolute Gasteiger partial charge is 0.236 e. The summed E-state index contributed by atoms with van der Waals surface area (Å²) >= 11 is 1.62. The lowest BCUT2D eigenvalue weighted by atomic mass is 10.5. The van der Waals surface area contributed by atoms with Gasteiger partial charge >= 0.3 is 0 Å². The van der Waals surface area contributed by atoms with Crippen LogP contribution < -0.4 is 0 Å². The molecule has 0 atom stereocenters. The zero-order valence-electron chi connectivity index (χ0n) is 7.74. The van der Waals surface area contributed by atoms with E-state index in [1.807, 2.05) is 17.5 Å². The van der Waals surface area contributed by atoms with Gasteiger partial charge in [0.2, 0.25) is 5.89 Å². The van der Waals surface area contributed by atoms with Crippen molar-refractivity contribution in [1.29, 1.82) is 0 Å². The van der Waals surface area contributed by atoms with Crippen molar-refractivity contribution in [3.8, 4) is 10.8 Å². The Hall–Kier alpha value is -1.88. The van der Waals surface area contributed by atoms with Crippen molar-refractivity contribution in [3.63, 3.8) is 0 Å². The molecule has 0 unspecified atom stereocenters. The highest BCUT2D eigenvalue weighted by Gasteiger charge is 2.00. The number of aromatic nitrogens is 2. The number of thiophene rings is 1. The standard InChI is InChI=1S/C7H5NOS.C3H3NO/c1-2-6(10-5-1)7-8-3-4-9-7;1-2-4-5-3-1/h1-5H;1-3H. The van der Waals surface area contributed by atoms with Crippen LogP contribution in [0.1, 0.15) is 0 Å². The average Bonchev–Trinajstić information content (AvgIpc) is 3.06. The molecule has 3 rings (SSSR count). The van der Waals surface area contributed by atoms with Crippen LogP contribution in [0.25, 0.3) is 10.8 Å². The molecule has 76 valence electrons. The third-order valence-electron chi connectivity index (χ3n) is 1.51. The summed E-state index contributed by atoms with van der Waals surface area (Å²) in [4.78, 5) is 5.08. The summed E-state index contributed by atoms with van der Waals surface area (Å²) in [5.41, 5.74) is 0.